The number of hydrogen-bond acceptors (Lipinski definition) is 3. The van der Waals surface area contributed by atoms with Crippen LogP contribution in [0.3, 0.4) is 0 Å². The van der Waals surface area contributed by atoms with Gasteiger partial charge in [-0.15, -0.1) is 11.8 Å². The molecule has 1 atom stereocenters. The van der Waals surface area contributed by atoms with E-state index >= 15 is 0 Å². The van der Waals surface area contributed by atoms with Gasteiger partial charge in [0.25, 0.3) is 0 Å². The Morgan fingerprint density at radius 3 is 3.00 bits per heavy atom. The first-order chi connectivity index (χ1) is 6.25. The highest BCUT2D eigenvalue weighted by molar-refractivity contribution is 7.99. The minimum atomic E-state index is 0.0769. The largest absolute Gasteiger partial charge is 0.324 e. The summed E-state index contributed by atoms with van der Waals surface area (Å²) in [5.74, 6) is 1.11. The Balaban J connectivity index is 2.78. The summed E-state index contributed by atoms with van der Waals surface area (Å²) in [6.45, 7) is 4.16. The van der Waals surface area contributed by atoms with Gasteiger partial charge in [-0.3, -0.25) is 0 Å². The Hall–Kier alpha value is -0.540. The molecule has 2 N–H and O–H groups in total. The molecule has 3 heteroatoms. The number of rotatable bonds is 4. The van der Waals surface area contributed by atoms with Crippen LogP contribution in [0.2, 0.25) is 0 Å². The lowest BCUT2D eigenvalue weighted by molar-refractivity contribution is 0.779. The standard InChI is InChI=1S/C10H16N2S/c1-3-7-13-10-9(8(2)11)5-4-6-12-10/h4-6,8H,3,7,11H2,1-2H3. The van der Waals surface area contributed by atoms with E-state index in [0.717, 1.165) is 16.3 Å². The Morgan fingerprint density at radius 1 is 1.62 bits per heavy atom. The quantitative estimate of drug-likeness (QED) is 0.752. The van der Waals surface area contributed by atoms with Gasteiger partial charge in [-0.1, -0.05) is 13.0 Å². The zero-order valence-electron chi connectivity index (χ0n) is 8.16. The SMILES string of the molecule is CCCSc1ncccc1C(C)N. The van der Waals surface area contributed by atoms with Crippen molar-refractivity contribution in [1.29, 1.82) is 0 Å². The maximum absolute atomic E-state index is 5.83. The van der Waals surface area contributed by atoms with Crippen molar-refractivity contribution in [3.05, 3.63) is 23.9 Å². The van der Waals surface area contributed by atoms with Crippen LogP contribution in [0.15, 0.2) is 23.4 Å². The molecule has 0 aromatic carbocycles. The van der Waals surface area contributed by atoms with E-state index in [1.165, 1.54) is 6.42 Å². The Labute approximate surface area is 83.9 Å². The maximum atomic E-state index is 5.83. The smallest absolute Gasteiger partial charge is 0.101 e. The van der Waals surface area contributed by atoms with E-state index in [4.69, 9.17) is 5.73 Å². The van der Waals surface area contributed by atoms with Crippen molar-refractivity contribution in [2.24, 2.45) is 5.73 Å². The molecule has 1 aromatic rings. The number of nitrogens with zero attached hydrogens (tertiary/aromatic N) is 1. The number of nitrogens with two attached hydrogens (primary N) is 1. The summed E-state index contributed by atoms with van der Waals surface area (Å²) >= 11 is 1.78. The molecule has 0 bridgehead atoms. The van der Waals surface area contributed by atoms with Crippen LogP contribution in [-0.4, -0.2) is 10.7 Å². The molecule has 0 aliphatic heterocycles. The van der Waals surface area contributed by atoms with Crippen molar-refractivity contribution in [3.63, 3.8) is 0 Å². The van der Waals surface area contributed by atoms with Gasteiger partial charge in [-0.05, 0) is 25.2 Å². The molecule has 0 saturated carbocycles. The van der Waals surface area contributed by atoms with Gasteiger partial charge in [-0.2, -0.15) is 0 Å². The number of thioether (sulfide) groups is 1. The second-order valence-corrected chi connectivity index (χ2v) is 4.12. The number of aromatic nitrogens is 1. The van der Waals surface area contributed by atoms with Gasteiger partial charge in [0, 0.05) is 17.8 Å². The van der Waals surface area contributed by atoms with Crippen LogP contribution in [0.25, 0.3) is 0 Å². The van der Waals surface area contributed by atoms with Crippen LogP contribution < -0.4 is 5.73 Å². The molecular weight excluding hydrogens is 180 g/mol. The van der Waals surface area contributed by atoms with Crippen LogP contribution in [0.1, 0.15) is 31.9 Å². The Bertz CT molecular complexity index is 261. The molecule has 0 aliphatic carbocycles. The summed E-state index contributed by atoms with van der Waals surface area (Å²) in [6, 6.07) is 4.07. The van der Waals surface area contributed by atoms with Gasteiger partial charge in [0.1, 0.15) is 5.03 Å². The number of hydrogen-bond donors (Lipinski definition) is 1. The highest BCUT2D eigenvalue weighted by atomic mass is 32.2. The van der Waals surface area contributed by atoms with E-state index in [1.54, 1.807) is 11.8 Å². The monoisotopic (exact) mass is 196 g/mol. The minimum absolute atomic E-state index is 0.0769. The normalized spacial score (nSPS) is 12.8. The topological polar surface area (TPSA) is 38.9 Å². The molecule has 13 heavy (non-hydrogen) atoms. The molecule has 0 radical (unpaired) electrons. The molecule has 72 valence electrons. The van der Waals surface area contributed by atoms with E-state index in [-0.39, 0.29) is 6.04 Å². The summed E-state index contributed by atoms with van der Waals surface area (Å²) in [6.07, 6.45) is 2.99. The third kappa shape index (κ3) is 3.01. The number of pyridine rings is 1. The molecule has 0 fully saturated rings. The average molecular weight is 196 g/mol. The highest BCUT2D eigenvalue weighted by Crippen LogP contribution is 2.24. The lowest BCUT2D eigenvalue weighted by Crippen LogP contribution is -2.07. The van der Waals surface area contributed by atoms with E-state index in [9.17, 15) is 0 Å². The van der Waals surface area contributed by atoms with Gasteiger partial charge in [0.05, 0.1) is 0 Å². The van der Waals surface area contributed by atoms with Crippen LogP contribution in [0.5, 0.6) is 0 Å². The summed E-state index contributed by atoms with van der Waals surface area (Å²) < 4.78 is 0. The molecule has 1 unspecified atom stereocenters. The molecule has 0 spiro atoms. The summed E-state index contributed by atoms with van der Waals surface area (Å²) in [7, 11) is 0. The fraction of sp³-hybridized carbons (Fsp3) is 0.500. The van der Waals surface area contributed by atoms with Crippen LogP contribution in [0, 0.1) is 0 Å². The van der Waals surface area contributed by atoms with E-state index in [0.29, 0.717) is 0 Å². The molecule has 0 amide bonds. The van der Waals surface area contributed by atoms with E-state index < -0.39 is 0 Å². The van der Waals surface area contributed by atoms with Gasteiger partial charge < -0.3 is 5.73 Å². The second-order valence-electron chi connectivity index (χ2n) is 3.03. The zero-order valence-corrected chi connectivity index (χ0v) is 8.97. The van der Waals surface area contributed by atoms with Crippen molar-refractivity contribution in [1.82, 2.24) is 4.98 Å². The van der Waals surface area contributed by atoms with Crippen molar-refractivity contribution in [3.8, 4) is 0 Å². The van der Waals surface area contributed by atoms with Gasteiger partial charge >= 0.3 is 0 Å². The highest BCUT2D eigenvalue weighted by Gasteiger charge is 2.06. The van der Waals surface area contributed by atoms with Gasteiger partial charge in [0.2, 0.25) is 0 Å². The Kier molecular flexibility index (Phi) is 4.25. The first kappa shape index (κ1) is 10.5. The molecule has 2 nitrogen and oxygen atoms in total. The zero-order chi connectivity index (χ0) is 9.68. The molecule has 1 aromatic heterocycles. The van der Waals surface area contributed by atoms with Gasteiger partial charge in [-0.25, -0.2) is 4.98 Å². The Morgan fingerprint density at radius 2 is 2.38 bits per heavy atom. The first-order valence-corrected chi connectivity index (χ1v) is 5.57. The van der Waals surface area contributed by atoms with Crippen molar-refractivity contribution >= 4 is 11.8 Å². The lowest BCUT2D eigenvalue weighted by Gasteiger charge is -2.09. The first-order valence-electron chi connectivity index (χ1n) is 4.59. The van der Waals surface area contributed by atoms with Crippen molar-refractivity contribution in [2.75, 3.05) is 5.75 Å². The fourth-order valence-corrected chi connectivity index (χ4v) is 2.02. The summed E-state index contributed by atoms with van der Waals surface area (Å²) in [5, 5.41) is 1.08. The van der Waals surface area contributed by atoms with Crippen LogP contribution >= 0.6 is 11.8 Å². The van der Waals surface area contributed by atoms with Crippen molar-refractivity contribution < 1.29 is 0 Å². The average Bonchev–Trinajstić information content (AvgIpc) is 2.15. The van der Waals surface area contributed by atoms with Gasteiger partial charge in [0.15, 0.2) is 0 Å². The third-order valence-electron chi connectivity index (χ3n) is 1.73. The van der Waals surface area contributed by atoms with Crippen LogP contribution in [0.4, 0.5) is 0 Å². The third-order valence-corrected chi connectivity index (χ3v) is 2.96. The molecule has 1 heterocycles. The summed E-state index contributed by atoms with van der Waals surface area (Å²) in [4.78, 5) is 4.32. The second kappa shape index (κ2) is 5.25. The fourth-order valence-electron chi connectivity index (χ4n) is 1.07. The van der Waals surface area contributed by atoms with E-state index in [2.05, 4.69) is 18.0 Å². The lowest BCUT2D eigenvalue weighted by atomic mass is 10.2. The minimum Gasteiger partial charge on any atom is -0.324 e. The maximum Gasteiger partial charge on any atom is 0.101 e. The molecule has 1 rings (SSSR count). The predicted octanol–water partition coefficient (Wildman–Crippen LogP) is 2.60. The molecule has 0 saturated heterocycles. The van der Waals surface area contributed by atoms with Crippen LogP contribution in [-0.2, 0) is 0 Å². The summed E-state index contributed by atoms with van der Waals surface area (Å²) in [5.41, 5.74) is 6.99. The predicted molar refractivity (Wildman–Crippen MR) is 57.9 cm³/mol. The molecular formula is C10H16N2S. The molecule has 0 aliphatic rings. The van der Waals surface area contributed by atoms with E-state index in [1.807, 2.05) is 19.2 Å². The van der Waals surface area contributed by atoms with Crippen molar-refractivity contribution in [2.45, 2.75) is 31.3 Å².